The van der Waals surface area contributed by atoms with E-state index in [0.717, 1.165) is 4.47 Å². The maximum Gasteiger partial charge on any atom is 0.244 e. The first-order chi connectivity index (χ1) is 8.84. The Morgan fingerprint density at radius 1 is 1.47 bits per heavy atom. The van der Waals surface area contributed by atoms with Gasteiger partial charge < -0.3 is 4.74 Å². The van der Waals surface area contributed by atoms with Crippen molar-refractivity contribution in [2.24, 2.45) is 0 Å². The highest BCUT2D eigenvalue weighted by Crippen LogP contribution is 2.28. The molecule has 0 radical (unpaired) electrons. The molecule has 0 saturated heterocycles. The lowest BCUT2D eigenvalue weighted by atomic mass is 10.3. The van der Waals surface area contributed by atoms with Crippen molar-refractivity contribution in [1.29, 1.82) is 0 Å². The second-order valence-corrected chi connectivity index (χ2v) is 7.27. The van der Waals surface area contributed by atoms with Crippen LogP contribution in [-0.4, -0.2) is 39.0 Å². The highest BCUT2D eigenvalue weighted by atomic mass is 79.9. The van der Waals surface area contributed by atoms with Gasteiger partial charge in [0.05, 0.1) is 11.6 Å². The number of benzene rings is 1. The molecule has 0 amide bonds. The Kier molecular flexibility index (Phi) is 6.26. The van der Waals surface area contributed by atoms with Crippen molar-refractivity contribution < 1.29 is 13.2 Å². The topological polar surface area (TPSA) is 46.6 Å². The highest BCUT2D eigenvalue weighted by Gasteiger charge is 2.29. The normalized spacial score (nSPS) is 13.8. The van der Waals surface area contributed by atoms with Crippen molar-refractivity contribution in [2.75, 3.05) is 20.3 Å². The number of sulfonamides is 1. The maximum atomic E-state index is 12.6. The van der Waals surface area contributed by atoms with E-state index in [1.54, 1.807) is 33.1 Å². The second kappa shape index (κ2) is 7.04. The lowest BCUT2D eigenvalue weighted by Gasteiger charge is -2.27. The molecule has 7 heteroatoms. The first kappa shape index (κ1) is 16.9. The van der Waals surface area contributed by atoms with Crippen molar-refractivity contribution in [3.8, 4) is 0 Å². The zero-order valence-corrected chi connectivity index (χ0v) is 14.2. The number of rotatable bonds is 6. The summed E-state index contributed by atoms with van der Waals surface area (Å²) in [7, 11) is -2.07. The van der Waals surface area contributed by atoms with Crippen LogP contribution in [0.2, 0.25) is 5.02 Å². The molecular formula is C12H17BrClNO3S. The molecule has 0 saturated carbocycles. The van der Waals surface area contributed by atoms with Gasteiger partial charge in [0.2, 0.25) is 10.0 Å². The average molecular weight is 371 g/mol. The summed E-state index contributed by atoms with van der Waals surface area (Å²) in [5.74, 6) is 0. The monoisotopic (exact) mass is 369 g/mol. The van der Waals surface area contributed by atoms with Gasteiger partial charge in [-0.05, 0) is 25.1 Å². The summed E-state index contributed by atoms with van der Waals surface area (Å²) < 4.78 is 32.3. The molecule has 0 aliphatic carbocycles. The van der Waals surface area contributed by atoms with Crippen LogP contribution in [0.4, 0.5) is 0 Å². The van der Waals surface area contributed by atoms with Gasteiger partial charge in [0.15, 0.2) is 0 Å². The fraction of sp³-hybridized carbons (Fsp3) is 0.500. The predicted molar refractivity (Wildman–Crippen MR) is 80.1 cm³/mol. The Bertz CT molecular complexity index is 536. The van der Waals surface area contributed by atoms with E-state index in [9.17, 15) is 8.42 Å². The minimum absolute atomic E-state index is 0.113. The lowest BCUT2D eigenvalue weighted by Crippen LogP contribution is -2.40. The molecule has 0 aliphatic rings. The van der Waals surface area contributed by atoms with E-state index in [4.69, 9.17) is 16.3 Å². The van der Waals surface area contributed by atoms with Gasteiger partial charge in [-0.15, -0.1) is 0 Å². The molecule has 0 aliphatic heterocycles. The van der Waals surface area contributed by atoms with Crippen LogP contribution < -0.4 is 0 Å². The predicted octanol–water partition coefficient (Wildman–Crippen LogP) is 3.15. The standard InChI is InChI=1S/C12H17BrClNO3S/c1-4-15(9(2)8-18-3)19(16,17)12-6-5-10(13)7-11(12)14/h5-7,9H,4,8H2,1-3H3. The maximum absolute atomic E-state index is 12.6. The smallest absolute Gasteiger partial charge is 0.244 e. The number of halogens is 2. The summed E-state index contributed by atoms with van der Waals surface area (Å²) in [5.41, 5.74) is 0. The van der Waals surface area contributed by atoms with Crippen LogP contribution in [-0.2, 0) is 14.8 Å². The van der Waals surface area contributed by atoms with E-state index < -0.39 is 10.0 Å². The van der Waals surface area contributed by atoms with Gasteiger partial charge >= 0.3 is 0 Å². The SMILES string of the molecule is CCN(C(C)COC)S(=O)(=O)c1ccc(Br)cc1Cl. The van der Waals surface area contributed by atoms with E-state index in [0.29, 0.717) is 13.2 Å². The summed E-state index contributed by atoms with van der Waals surface area (Å²) >= 11 is 9.29. The van der Waals surface area contributed by atoms with Gasteiger partial charge in [-0.2, -0.15) is 4.31 Å². The third-order valence-electron chi connectivity index (χ3n) is 2.69. The lowest BCUT2D eigenvalue weighted by molar-refractivity contribution is 0.142. The number of hydrogen-bond donors (Lipinski definition) is 0. The van der Waals surface area contributed by atoms with Crippen molar-refractivity contribution in [3.05, 3.63) is 27.7 Å². The number of likely N-dealkylation sites (N-methyl/N-ethyl adjacent to an activating group) is 1. The minimum Gasteiger partial charge on any atom is -0.383 e. The average Bonchev–Trinajstić information content (AvgIpc) is 2.28. The number of nitrogens with zero attached hydrogens (tertiary/aromatic N) is 1. The Balaban J connectivity index is 3.20. The molecule has 108 valence electrons. The van der Waals surface area contributed by atoms with Crippen LogP contribution in [0.1, 0.15) is 13.8 Å². The summed E-state index contributed by atoms with van der Waals surface area (Å²) in [5, 5.41) is 0.206. The van der Waals surface area contributed by atoms with Gasteiger partial charge in [-0.25, -0.2) is 8.42 Å². The molecule has 1 aromatic carbocycles. The molecule has 0 bridgehead atoms. The fourth-order valence-electron chi connectivity index (χ4n) is 1.85. The molecule has 0 aromatic heterocycles. The molecule has 1 aromatic rings. The third kappa shape index (κ3) is 3.92. The first-order valence-corrected chi connectivity index (χ1v) is 8.41. The number of hydrogen-bond acceptors (Lipinski definition) is 3. The van der Waals surface area contributed by atoms with Gasteiger partial charge in [-0.3, -0.25) is 0 Å². The van der Waals surface area contributed by atoms with E-state index in [1.807, 2.05) is 0 Å². The Hall–Kier alpha value is -0.140. The van der Waals surface area contributed by atoms with Crippen LogP contribution in [0.3, 0.4) is 0 Å². The van der Waals surface area contributed by atoms with Crippen LogP contribution in [0.15, 0.2) is 27.6 Å². The zero-order valence-electron chi connectivity index (χ0n) is 11.1. The second-order valence-electron chi connectivity index (χ2n) is 4.09. The summed E-state index contributed by atoms with van der Waals surface area (Å²) in [6.45, 7) is 4.29. The first-order valence-electron chi connectivity index (χ1n) is 5.80. The molecular weight excluding hydrogens is 354 g/mol. The Labute approximate surface area is 127 Å². The van der Waals surface area contributed by atoms with Gasteiger partial charge in [0, 0.05) is 24.2 Å². The van der Waals surface area contributed by atoms with E-state index in [-0.39, 0.29) is 16.0 Å². The fourth-order valence-corrected chi connectivity index (χ4v) is 4.49. The summed E-state index contributed by atoms with van der Waals surface area (Å²) in [6.07, 6.45) is 0. The summed E-state index contributed by atoms with van der Waals surface area (Å²) in [6, 6.07) is 4.49. The molecule has 1 atom stereocenters. The largest absolute Gasteiger partial charge is 0.383 e. The molecule has 1 rings (SSSR count). The van der Waals surface area contributed by atoms with Crippen LogP contribution >= 0.6 is 27.5 Å². The third-order valence-corrected chi connectivity index (χ3v) is 5.76. The van der Waals surface area contributed by atoms with Crippen LogP contribution in [0.25, 0.3) is 0 Å². The molecule has 0 fully saturated rings. The molecule has 0 heterocycles. The highest BCUT2D eigenvalue weighted by molar-refractivity contribution is 9.10. The molecule has 0 N–H and O–H groups in total. The number of methoxy groups -OCH3 is 1. The Morgan fingerprint density at radius 3 is 2.58 bits per heavy atom. The van der Waals surface area contributed by atoms with E-state index in [2.05, 4.69) is 15.9 Å². The molecule has 0 spiro atoms. The van der Waals surface area contributed by atoms with E-state index in [1.165, 1.54) is 10.4 Å². The molecule has 1 unspecified atom stereocenters. The Morgan fingerprint density at radius 2 is 2.11 bits per heavy atom. The van der Waals surface area contributed by atoms with E-state index >= 15 is 0 Å². The van der Waals surface area contributed by atoms with Crippen molar-refractivity contribution in [2.45, 2.75) is 24.8 Å². The van der Waals surface area contributed by atoms with Crippen molar-refractivity contribution in [1.82, 2.24) is 4.31 Å². The van der Waals surface area contributed by atoms with Crippen molar-refractivity contribution >= 4 is 37.6 Å². The van der Waals surface area contributed by atoms with Crippen LogP contribution in [0.5, 0.6) is 0 Å². The molecule has 19 heavy (non-hydrogen) atoms. The number of ether oxygens (including phenoxy) is 1. The zero-order chi connectivity index (χ0) is 14.6. The minimum atomic E-state index is -3.62. The quantitative estimate of drug-likeness (QED) is 0.773. The molecule has 4 nitrogen and oxygen atoms in total. The summed E-state index contributed by atoms with van der Waals surface area (Å²) in [4.78, 5) is 0.113. The van der Waals surface area contributed by atoms with Crippen LogP contribution in [0, 0.1) is 0 Å². The van der Waals surface area contributed by atoms with Gasteiger partial charge in [0.25, 0.3) is 0 Å². The van der Waals surface area contributed by atoms with Gasteiger partial charge in [0.1, 0.15) is 4.90 Å². The van der Waals surface area contributed by atoms with Gasteiger partial charge in [-0.1, -0.05) is 34.5 Å². The van der Waals surface area contributed by atoms with Crippen molar-refractivity contribution in [3.63, 3.8) is 0 Å².